The molecule has 1 N–H and O–H groups in total. The van der Waals surface area contributed by atoms with Crippen molar-refractivity contribution in [2.75, 3.05) is 19.7 Å². The second-order valence-electron chi connectivity index (χ2n) is 4.74. The van der Waals surface area contributed by atoms with Crippen LogP contribution in [-0.2, 0) is 4.74 Å². The Kier molecular flexibility index (Phi) is 4.45. The highest BCUT2D eigenvalue weighted by Crippen LogP contribution is 2.20. The van der Waals surface area contributed by atoms with Gasteiger partial charge >= 0.3 is 0 Å². The molecule has 0 bridgehead atoms. The number of amides is 1. The number of aliphatic hydroxyl groups excluding tert-OH is 1. The zero-order valence-electron chi connectivity index (χ0n) is 11.1. The van der Waals surface area contributed by atoms with E-state index in [1.165, 1.54) is 0 Å². The Balaban J connectivity index is 2.10. The standard InChI is InChI=1S/C14H18ClNO3/c1-3-19-13-8-16(7-12(13)17)14(18)10-4-5-11(15)9(2)6-10/h4-6,12-13,17H,3,7-8H2,1-2H3/t12-,13-/m1/s1. The smallest absolute Gasteiger partial charge is 0.254 e. The van der Waals surface area contributed by atoms with E-state index in [0.29, 0.717) is 30.3 Å². The van der Waals surface area contributed by atoms with Gasteiger partial charge in [-0.3, -0.25) is 4.79 Å². The van der Waals surface area contributed by atoms with Crippen LogP contribution < -0.4 is 0 Å². The lowest BCUT2D eigenvalue weighted by Crippen LogP contribution is -2.30. The van der Waals surface area contributed by atoms with E-state index >= 15 is 0 Å². The molecule has 1 heterocycles. The van der Waals surface area contributed by atoms with E-state index in [0.717, 1.165) is 5.56 Å². The van der Waals surface area contributed by atoms with Gasteiger partial charge in [0.15, 0.2) is 0 Å². The maximum Gasteiger partial charge on any atom is 0.254 e. The van der Waals surface area contributed by atoms with Crippen LogP contribution in [0.15, 0.2) is 18.2 Å². The van der Waals surface area contributed by atoms with E-state index in [1.807, 2.05) is 13.8 Å². The van der Waals surface area contributed by atoms with Crippen molar-refractivity contribution in [1.29, 1.82) is 0 Å². The molecule has 2 atom stereocenters. The molecule has 1 fully saturated rings. The Hall–Kier alpha value is -1.10. The number of likely N-dealkylation sites (tertiary alicyclic amines) is 1. The Morgan fingerprint density at radius 3 is 2.89 bits per heavy atom. The van der Waals surface area contributed by atoms with Crippen molar-refractivity contribution in [2.45, 2.75) is 26.1 Å². The average Bonchev–Trinajstić information content (AvgIpc) is 2.74. The van der Waals surface area contributed by atoms with Crippen molar-refractivity contribution < 1.29 is 14.6 Å². The zero-order chi connectivity index (χ0) is 14.0. The molecule has 1 aliphatic heterocycles. The van der Waals surface area contributed by atoms with Gasteiger partial charge in [-0.15, -0.1) is 0 Å². The zero-order valence-corrected chi connectivity index (χ0v) is 11.9. The van der Waals surface area contributed by atoms with Gasteiger partial charge in [-0.2, -0.15) is 0 Å². The highest BCUT2D eigenvalue weighted by molar-refractivity contribution is 6.31. The fraction of sp³-hybridized carbons (Fsp3) is 0.500. The van der Waals surface area contributed by atoms with Gasteiger partial charge in [-0.25, -0.2) is 0 Å². The molecule has 1 aliphatic rings. The van der Waals surface area contributed by atoms with Gasteiger partial charge in [0.05, 0.1) is 6.10 Å². The molecule has 0 saturated carbocycles. The number of ether oxygens (including phenoxy) is 1. The topological polar surface area (TPSA) is 49.8 Å². The molecule has 1 aromatic rings. The van der Waals surface area contributed by atoms with Crippen LogP contribution in [0, 0.1) is 6.92 Å². The van der Waals surface area contributed by atoms with Crippen LogP contribution in [0.2, 0.25) is 5.02 Å². The number of carbonyl (C=O) groups is 1. The predicted molar refractivity (Wildman–Crippen MR) is 73.5 cm³/mol. The summed E-state index contributed by atoms with van der Waals surface area (Å²) >= 11 is 5.95. The SMILES string of the molecule is CCO[C@@H]1CN(C(=O)c2ccc(Cl)c(C)c2)C[C@H]1O. The molecule has 4 nitrogen and oxygen atoms in total. The highest BCUT2D eigenvalue weighted by Gasteiger charge is 2.34. The van der Waals surface area contributed by atoms with Crippen LogP contribution >= 0.6 is 11.6 Å². The van der Waals surface area contributed by atoms with Crippen molar-refractivity contribution in [3.63, 3.8) is 0 Å². The highest BCUT2D eigenvalue weighted by atomic mass is 35.5. The fourth-order valence-electron chi connectivity index (χ4n) is 2.26. The van der Waals surface area contributed by atoms with Gasteiger partial charge in [0.2, 0.25) is 0 Å². The number of hydrogen-bond donors (Lipinski definition) is 1. The molecule has 2 rings (SSSR count). The lowest BCUT2D eigenvalue weighted by molar-refractivity contribution is -0.00237. The van der Waals surface area contributed by atoms with E-state index in [-0.39, 0.29) is 12.0 Å². The number of nitrogens with zero attached hydrogens (tertiary/aromatic N) is 1. The van der Waals surface area contributed by atoms with Crippen molar-refractivity contribution in [2.24, 2.45) is 0 Å². The number of carbonyl (C=O) groups excluding carboxylic acids is 1. The predicted octanol–water partition coefficient (Wildman–Crippen LogP) is 1.87. The second kappa shape index (κ2) is 5.90. The first-order valence-corrected chi connectivity index (χ1v) is 6.75. The third-order valence-corrected chi connectivity index (χ3v) is 3.73. The minimum Gasteiger partial charge on any atom is -0.388 e. The molecule has 1 aromatic carbocycles. The summed E-state index contributed by atoms with van der Waals surface area (Å²) in [5, 5.41) is 10.5. The Morgan fingerprint density at radius 2 is 2.26 bits per heavy atom. The lowest BCUT2D eigenvalue weighted by Gasteiger charge is -2.16. The Labute approximate surface area is 117 Å². The minimum absolute atomic E-state index is 0.0963. The monoisotopic (exact) mass is 283 g/mol. The Morgan fingerprint density at radius 1 is 1.53 bits per heavy atom. The van der Waals surface area contributed by atoms with E-state index in [2.05, 4.69) is 0 Å². The molecule has 0 unspecified atom stereocenters. The molecule has 0 aromatic heterocycles. The quantitative estimate of drug-likeness (QED) is 0.921. The summed E-state index contributed by atoms with van der Waals surface area (Å²) in [6.07, 6.45) is -0.903. The molecule has 1 amide bonds. The van der Waals surface area contributed by atoms with Crippen LogP contribution in [0.4, 0.5) is 0 Å². The van der Waals surface area contributed by atoms with Crippen LogP contribution in [0.25, 0.3) is 0 Å². The van der Waals surface area contributed by atoms with E-state index in [9.17, 15) is 9.90 Å². The van der Waals surface area contributed by atoms with Crippen LogP contribution in [0.5, 0.6) is 0 Å². The summed E-state index contributed by atoms with van der Waals surface area (Å²) in [6, 6.07) is 5.19. The largest absolute Gasteiger partial charge is 0.388 e. The number of β-amino-alcohol motifs (C(OH)–C–C–N with tert-alkyl or cyclic N) is 1. The van der Waals surface area contributed by atoms with Crippen molar-refractivity contribution in [3.05, 3.63) is 34.3 Å². The van der Waals surface area contributed by atoms with Gasteiger partial charge in [0.1, 0.15) is 6.10 Å². The van der Waals surface area contributed by atoms with Gasteiger partial charge in [-0.05, 0) is 37.6 Å². The third kappa shape index (κ3) is 3.08. The molecule has 1 saturated heterocycles. The fourth-order valence-corrected chi connectivity index (χ4v) is 2.38. The normalized spacial score (nSPS) is 22.8. The number of hydrogen-bond acceptors (Lipinski definition) is 3. The summed E-state index contributed by atoms with van der Waals surface area (Å²) in [6.45, 7) is 5.01. The maximum atomic E-state index is 12.3. The third-order valence-electron chi connectivity index (χ3n) is 3.31. The molecule has 0 aliphatic carbocycles. The van der Waals surface area contributed by atoms with E-state index < -0.39 is 6.10 Å². The number of aryl methyl sites for hydroxylation is 1. The molecular formula is C14H18ClNO3. The maximum absolute atomic E-state index is 12.3. The van der Waals surface area contributed by atoms with Crippen LogP contribution in [0.1, 0.15) is 22.8 Å². The van der Waals surface area contributed by atoms with Gasteiger partial charge < -0.3 is 14.7 Å². The lowest BCUT2D eigenvalue weighted by atomic mass is 10.1. The molecular weight excluding hydrogens is 266 g/mol. The van der Waals surface area contributed by atoms with Gasteiger partial charge in [-0.1, -0.05) is 11.6 Å². The number of rotatable bonds is 3. The molecule has 19 heavy (non-hydrogen) atoms. The van der Waals surface area contributed by atoms with Crippen molar-refractivity contribution >= 4 is 17.5 Å². The van der Waals surface area contributed by atoms with E-state index in [4.69, 9.17) is 16.3 Å². The van der Waals surface area contributed by atoms with Crippen molar-refractivity contribution in [3.8, 4) is 0 Å². The molecule has 0 spiro atoms. The molecule has 104 valence electrons. The number of halogens is 1. The van der Waals surface area contributed by atoms with Crippen LogP contribution in [-0.4, -0.2) is 47.8 Å². The minimum atomic E-state index is -0.614. The first-order chi connectivity index (χ1) is 9.02. The molecule has 5 heteroatoms. The number of aliphatic hydroxyl groups is 1. The summed E-state index contributed by atoms with van der Waals surface area (Å²) in [5.74, 6) is -0.0963. The van der Waals surface area contributed by atoms with E-state index in [1.54, 1.807) is 23.1 Å². The first-order valence-electron chi connectivity index (χ1n) is 6.38. The summed E-state index contributed by atoms with van der Waals surface area (Å²) < 4.78 is 5.41. The van der Waals surface area contributed by atoms with Crippen molar-refractivity contribution in [1.82, 2.24) is 4.90 Å². The van der Waals surface area contributed by atoms with Crippen LogP contribution in [0.3, 0.4) is 0 Å². The summed E-state index contributed by atoms with van der Waals surface area (Å²) in [4.78, 5) is 13.9. The molecule has 0 radical (unpaired) electrons. The van der Waals surface area contributed by atoms with Gasteiger partial charge in [0.25, 0.3) is 5.91 Å². The Bertz CT molecular complexity index is 478. The second-order valence-corrected chi connectivity index (χ2v) is 5.14. The average molecular weight is 284 g/mol. The number of benzene rings is 1. The van der Waals surface area contributed by atoms with Gasteiger partial charge in [0, 0.05) is 30.3 Å². The summed E-state index contributed by atoms with van der Waals surface area (Å²) in [7, 11) is 0. The first kappa shape index (κ1) is 14.3. The summed E-state index contributed by atoms with van der Waals surface area (Å²) in [5.41, 5.74) is 1.46.